The van der Waals surface area contributed by atoms with Gasteiger partial charge in [0.15, 0.2) is 5.03 Å². The Morgan fingerprint density at radius 2 is 1.90 bits per heavy atom. The van der Waals surface area contributed by atoms with E-state index in [-0.39, 0.29) is 5.03 Å². The maximum absolute atomic E-state index is 11.2. The fraction of sp³-hybridized carbons (Fsp3) is 0.357. The molecule has 2 rings (SSSR count). The second-order valence-corrected chi connectivity index (χ2v) is 6.32. The van der Waals surface area contributed by atoms with Crippen LogP contribution in [0.25, 0.3) is 0 Å². The number of aromatic nitrogens is 2. The summed E-state index contributed by atoms with van der Waals surface area (Å²) < 4.78 is 24.3. The van der Waals surface area contributed by atoms with E-state index in [1.807, 2.05) is 22.8 Å². The fourth-order valence-corrected chi connectivity index (χ4v) is 2.63. The molecule has 1 aromatic heterocycles. The van der Waals surface area contributed by atoms with Crippen LogP contribution in [0.2, 0.25) is 0 Å². The monoisotopic (exact) mass is 293 g/mol. The zero-order valence-corrected chi connectivity index (χ0v) is 12.3. The molecule has 2 N–H and O–H groups in total. The molecule has 0 saturated heterocycles. The van der Waals surface area contributed by atoms with Crippen molar-refractivity contribution in [2.75, 3.05) is 0 Å². The number of imidazole rings is 1. The van der Waals surface area contributed by atoms with Gasteiger partial charge in [-0.1, -0.05) is 30.3 Å². The van der Waals surface area contributed by atoms with Crippen LogP contribution in [0.15, 0.2) is 41.6 Å². The maximum atomic E-state index is 11.2. The van der Waals surface area contributed by atoms with Crippen molar-refractivity contribution in [3.05, 3.63) is 47.9 Å². The van der Waals surface area contributed by atoms with Gasteiger partial charge >= 0.3 is 0 Å². The van der Waals surface area contributed by atoms with Gasteiger partial charge in [0.1, 0.15) is 5.82 Å². The highest BCUT2D eigenvalue weighted by Crippen LogP contribution is 2.10. The third-order valence-corrected chi connectivity index (χ3v) is 3.98. The summed E-state index contributed by atoms with van der Waals surface area (Å²) in [5, 5.41) is 5.01. The predicted molar refractivity (Wildman–Crippen MR) is 77.7 cm³/mol. The van der Waals surface area contributed by atoms with Crippen molar-refractivity contribution >= 4 is 10.0 Å². The Hall–Kier alpha value is -1.66. The molecule has 0 atom stereocenters. The van der Waals surface area contributed by atoms with Crippen molar-refractivity contribution in [2.45, 2.75) is 37.8 Å². The van der Waals surface area contributed by atoms with Crippen LogP contribution in [0.1, 0.15) is 24.2 Å². The number of sulfonamides is 1. The molecular weight excluding hydrogens is 274 g/mol. The largest absolute Gasteiger partial charge is 0.334 e. The molecule has 0 spiro atoms. The highest BCUT2D eigenvalue weighted by atomic mass is 32.2. The van der Waals surface area contributed by atoms with E-state index < -0.39 is 10.0 Å². The molecule has 2 aromatic rings. The third-order valence-electron chi connectivity index (χ3n) is 3.20. The molecule has 0 unspecified atom stereocenters. The lowest BCUT2D eigenvalue weighted by Crippen LogP contribution is -2.12. The quantitative estimate of drug-likeness (QED) is 0.826. The Morgan fingerprint density at radius 3 is 2.50 bits per heavy atom. The Balaban J connectivity index is 1.87. The predicted octanol–water partition coefficient (Wildman–Crippen LogP) is 1.86. The molecule has 6 heteroatoms. The highest BCUT2D eigenvalue weighted by molar-refractivity contribution is 7.89. The lowest BCUT2D eigenvalue weighted by atomic mass is 10.1. The number of aryl methyl sites for hydroxylation is 3. The van der Waals surface area contributed by atoms with Gasteiger partial charge in [-0.05, 0) is 31.7 Å². The summed E-state index contributed by atoms with van der Waals surface area (Å²) in [6.45, 7) is 2.53. The molecule has 0 aliphatic carbocycles. The van der Waals surface area contributed by atoms with Crippen molar-refractivity contribution in [1.82, 2.24) is 9.55 Å². The minimum absolute atomic E-state index is 0.0574. The van der Waals surface area contributed by atoms with E-state index in [2.05, 4.69) is 17.1 Å². The zero-order chi connectivity index (χ0) is 14.6. The van der Waals surface area contributed by atoms with E-state index in [0.717, 1.165) is 25.8 Å². The van der Waals surface area contributed by atoms with E-state index >= 15 is 0 Å². The summed E-state index contributed by atoms with van der Waals surface area (Å²) in [6, 6.07) is 10.3. The summed E-state index contributed by atoms with van der Waals surface area (Å²) in [6.07, 6.45) is 4.55. The Bertz CT molecular complexity index is 663. The number of unbranched alkanes of at least 4 members (excludes halogenated alkanes) is 1. The van der Waals surface area contributed by atoms with Gasteiger partial charge in [0.05, 0.1) is 0 Å². The van der Waals surface area contributed by atoms with Gasteiger partial charge in [-0.15, -0.1) is 0 Å². The first-order valence-electron chi connectivity index (χ1n) is 6.57. The minimum atomic E-state index is -3.71. The van der Waals surface area contributed by atoms with Crippen molar-refractivity contribution in [1.29, 1.82) is 0 Å². The van der Waals surface area contributed by atoms with Gasteiger partial charge in [-0.2, -0.15) is 0 Å². The number of hydrogen-bond donors (Lipinski definition) is 1. The minimum Gasteiger partial charge on any atom is -0.334 e. The van der Waals surface area contributed by atoms with Crippen LogP contribution < -0.4 is 5.14 Å². The molecule has 0 fully saturated rings. The zero-order valence-electron chi connectivity index (χ0n) is 11.5. The summed E-state index contributed by atoms with van der Waals surface area (Å²) >= 11 is 0. The molecule has 1 aromatic carbocycles. The van der Waals surface area contributed by atoms with Crippen molar-refractivity contribution in [3.63, 3.8) is 0 Å². The molecule has 108 valence electrons. The van der Waals surface area contributed by atoms with Crippen LogP contribution in [0.4, 0.5) is 0 Å². The smallest absolute Gasteiger partial charge is 0.257 e. The summed E-state index contributed by atoms with van der Waals surface area (Å²) in [7, 11) is -3.71. The van der Waals surface area contributed by atoms with E-state index in [4.69, 9.17) is 5.14 Å². The van der Waals surface area contributed by atoms with Crippen LogP contribution in [0.3, 0.4) is 0 Å². The second-order valence-electron chi connectivity index (χ2n) is 4.81. The number of benzene rings is 1. The number of nitrogens with two attached hydrogens (primary N) is 1. The molecular formula is C14H19N3O2S. The Morgan fingerprint density at radius 1 is 1.20 bits per heavy atom. The van der Waals surface area contributed by atoms with Gasteiger partial charge in [-0.25, -0.2) is 18.5 Å². The summed E-state index contributed by atoms with van der Waals surface area (Å²) in [4.78, 5) is 3.97. The molecule has 0 radical (unpaired) electrons. The lowest BCUT2D eigenvalue weighted by Gasteiger charge is -2.04. The van der Waals surface area contributed by atoms with E-state index in [0.29, 0.717) is 5.82 Å². The van der Waals surface area contributed by atoms with Crippen LogP contribution in [-0.2, 0) is 23.0 Å². The SMILES string of the molecule is Cc1nc(S(N)(=O)=O)cn1CCCCc1ccccc1. The Labute approximate surface area is 119 Å². The first kappa shape index (κ1) is 14.7. The molecule has 20 heavy (non-hydrogen) atoms. The average Bonchev–Trinajstić information content (AvgIpc) is 2.77. The van der Waals surface area contributed by atoms with Gasteiger partial charge in [0.25, 0.3) is 10.0 Å². The number of rotatable bonds is 6. The first-order chi connectivity index (χ1) is 9.47. The number of nitrogens with zero attached hydrogens (tertiary/aromatic N) is 2. The van der Waals surface area contributed by atoms with E-state index in [1.165, 1.54) is 11.8 Å². The van der Waals surface area contributed by atoms with Crippen molar-refractivity contribution in [3.8, 4) is 0 Å². The first-order valence-corrected chi connectivity index (χ1v) is 8.12. The fourth-order valence-electron chi connectivity index (χ4n) is 2.10. The van der Waals surface area contributed by atoms with Gasteiger partial charge in [-0.3, -0.25) is 0 Å². The standard InChI is InChI=1S/C14H19N3O2S/c1-12-16-14(20(15,18)19)11-17(12)10-6-5-9-13-7-3-2-4-8-13/h2-4,7-8,11H,5-6,9-10H2,1H3,(H2,15,18,19). The normalized spacial score (nSPS) is 11.7. The van der Waals surface area contributed by atoms with Crippen LogP contribution >= 0.6 is 0 Å². The van der Waals surface area contributed by atoms with Crippen LogP contribution in [0, 0.1) is 6.92 Å². The lowest BCUT2D eigenvalue weighted by molar-refractivity contribution is 0.591. The Kier molecular flexibility index (Phi) is 4.57. The molecule has 5 nitrogen and oxygen atoms in total. The van der Waals surface area contributed by atoms with E-state index in [1.54, 1.807) is 6.92 Å². The molecule has 1 heterocycles. The summed E-state index contributed by atoms with van der Waals surface area (Å²) in [5.74, 6) is 0.675. The van der Waals surface area contributed by atoms with Crippen molar-refractivity contribution in [2.24, 2.45) is 5.14 Å². The average molecular weight is 293 g/mol. The van der Waals surface area contributed by atoms with Gasteiger partial charge in [0.2, 0.25) is 0 Å². The molecule has 0 aliphatic heterocycles. The number of primary sulfonamides is 1. The van der Waals surface area contributed by atoms with E-state index in [9.17, 15) is 8.42 Å². The van der Waals surface area contributed by atoms with Gasteiger partial charge in [0, 0.05) is 12.7 Å². The van der Waals surface area contributed by atoms with Crippen LogP contribution in [-0.4, -0.2) is 18.0 Å². The van der Waals surface area contributed by atoms with Gasteiger partial charge < -0.3 is 4.57 Å². The topological polar surface area (TPSA) is 78.0 Å². The number of hydrogen-bond acceptors (Lipinski definition) is 3. The molecule has 0 aliphatic rings. The third kappa shape index (κ3) is 3.91. The summed E-state index contributed by atoms with van der Waals surface area (Å²) in [5.41, 5.74) is 1.32. The highest BCUT2D eigenvalue weighted by Gasteiger charge is 2.13. The second kappa shape index (κ2) is 6.19. The molecule has 0 saturated carbocycles. The maximum Gasteiger partial charge on any atom is 0.257 e. The molecule has 0 amide bonds. The van der Waals surface area contributed by atoms with Crippen molar-refractivity contribution < 1.29 is 8.42 Å². The van der Waals surface area contributed by atoms with Crippen LogP contribution in [0.5, 0.6) is 0 Å². The molecule has 0 bridgehead atoms.